The van der Waals surface area contributed by atoms with Gasteiger partial charge in [0.05, 0.1) is 25.3 Å². The maximum Gasteiger partial charge on any atom is 0.124 e. The van der Waals surface area contributed by atoms with E-state index in [4.69, 9.17) is 9.47 Å². The summed E-state index contributed by atoms with van der Waals surface area (Å²) in [7, 11) is 3.42. The van der Waals surface area contributed by atoms with E-state index < -0.39 is 0 Å². The molecule has 0 saturated heterocycles. The molecular formula is C22H25N3O2. The van der Waals surface area contributed by atoms with Crippen molar-refractivity contribution in [1.82, 2.24) is 14.9 Å². The van der Waals surface area contributed by atoms with Crippen molar-refractivity contribution < 1.29 is 9.47 Å². The summed E-state index contributed by atoms with van der Waals surface area (Å²) in [5.74, 6) is 1.75. The van der Waals surface area contributed by atoms with Crippen molar-refractivity contribution >= 4 is 32.7 Å². The number of benzene rings is 2. The quantitative estimate of drug-likeness (QED) is 0.538. The molecule has 4 aromatic rings. The lowest BCUT2D eigenvalue weighted by Crippen LogP contribution is -2.22. The number of aromatic nitrogens is 2. The maximum absolute atomic E-state index is 5.70. The van der Waals surface area contributed by atoms with Gasteiger partial charge in [0.1, 0.15) is 11.5 Å². The zero-order chi connectivity index (χ0) is 19.0. The zero-order valence-corrected chi connectivity index (χ0v) is 16.3. The summed E-state index contributed by atoms with van der Waals surface area (Å²) in [6, 6.07) is 10.3. The Morgan fingerprint density at radius 1 is 0.963 bits per heavy atom. The van der Waals surface area contributed by atoms with Crippen molar-refractivity contribution in [1.29, 1.82) is 0 Å². The number of ether oxygens (including phenoxy) is 2. The SMILES string of the molecule is CCN(CC)Cc1cc2[nH]c3c4cc(OC)ccc4ncc3c2cc1OC. The van der Waals surface area contributed by atoms with Crippen LogP contribution in [0.5, 0.6) is 11.5 Å². The number of hydrogen-bond acceptors (Lipinski definition) is 4. The van der Waals surface area contributed by atoms with E-state index in [2.05, 4.69) is 40.8 Å². The van der Waals surface area contributed by atoms with Gasteiger partial charge in [-0.05, 0) is 43.4 Å². The topological polar surface area (TPSA) is 50.4 Å². The van der Waals surface area contributed by atoms with Crippen molar-refractivity contribution in [2.24, 2.45) is 0 Å². The number of aromatic amines is 1. The molecule has 0 spiro atoms. The van der Waals surface area contributed by atoms with Crippen LogP contribution in [0.25, 0.3) is 32.7 Å². The summed E-state index contributed by atoms with van der Waals surface area (Å²) in [6.45, 7) is 7.26. The van der Waals surface area contributed by atoms with Gasteiger partial charge >= 0.3 is 0 Å². The highest BCUT2D eigenvalue weighted by Crippen LogP contribution is 2.35. The summed E-state index contributed by atoms with van der Waals surface area (Å²) in [5.41, 5.74) is 4.32. The number of rotatable bonds is 6. The van der Waals surface area contributed by atoms with Gasteiger partial charge in [0, 0.05) is 40.0 Å². The van der Waals surface area contributed by atoms with Crippen molar-refractivity contribution in [3.63, 3.8) is 0 Å². The minimum absolute atomic E-state index is 0.829. The standard InChI is InChI=1S/C22H25N3O2/c1-5-25(6-2)13-14-9-20-16(11-21(14)27-4)18-12-23-19-8-7-15(26-3)10-17(19)22(18)24-20/h7-12,24H,5-6,13H2,1-4H3. The minimum Gasteiger partial charge on any atom is -0.497 e. The first-order valence-corrected chi connectivity index (χ1v) is 9.35. The monoisotopic (exact) mass is 363 g/mol. The van der Waals surface area contributed by atoms with E-state index in [-0.39, 0.29) is 0 Å². The first-order valence-electron chi connectivity index (χ1n) is 9.35. The van der Waals surface area contributed by atoms with Gasteiger partial charge in [0.25, 0.3) is 0 Å². The molecule has 0 amide bonds. The van der Waals surface area contributed by atoms with Gasteiger partial charge in [0.15, 0.2) is 0 Å². The summed E-state index contributed by atoms with van der Waals surface area (Å²) >= 11 is 0. The van der Waals surface area contributed by atoms with Crippen LogP contribution in [0, 0.1) is 0 Å². The highest BCUT2D eigenvalue weighted by Gasteiger charge is 2.14. The molecule has 0 aliphatic rings. The third-order valence-corrected chi connectivity index (χ3v) is 5.33. The van der Waals surface area contributed by atoms with Crippen LogP contribution in [0.1, 0.15) is 19.4 Å². The molecule has 0 atom stereocenters. The molecule has 1 N–H and O–H groups in total. The van der Waals surface area contributed by atoms with Crippen LogP contribution >= 0.6 is 0 Å². The van der Waals surface area contributed by atoms with Gasteiger partial charge in [-0.25, -0.2) is 0 Å². The predicted molar refractivity (Wildman–Crippen MR) is 111 cm³/mol. The van der Waals surface area contributed by atoms with E-state index in [0.717, 1.165) is 63.8 Å². The molecule has 0 radical (unpaired) electrons. The Bertz CT molecular complexity index is 1110. The smallest absolute Gasteiger partial charge is 0.124 e. The highest BCUT2D eigenvalue weighted by molar-refractivity contribution is 6.16. The van der Waals surface area contributed by atoms with E-state index in [0.29, 0.717) is 0 Å². The number of nitrogens with zero attached hydrogens (tertiary/aromatic N) is 2. The number of fused-ring (bicyclic) bond motifs is 5. The lowest BCUT2D eigenvalue weighted by atomic mass is 10.1. The second-order valence-corrected chi connectivity index (χ2v) is 6.73. The second kappa shape index (κ2) is 7.08. The third-order valence-electron chi connectivity index (χ3n) is 5.33. The van der Waals surface area contributed by atoms with Gasteiger partial charge in [-0.2, -0.15) is 0 Å². The molecule has 4 rings (SSSR count). The highest BCUT2D eigenvalue weighted by atomic mass is 16.5. The number of hydrogen-bond donors (Lipinski definition) is 1. The van der Waals surface area contributed by atoms with Crippen LogP contribution < -0.4 is 9.47 Å². The summed E-state index contributed by atoms with van der Waals surface area (Å²) in [6.07, 6.45) is 1.94. The Labute approximate surface area is 158 Å². The summed E-state index contributed by atoms with van der Waals surface area (Å²) in [4.78, 5) is 10.6. The fourth-order valence-corrected chi connectivity index (χ4v) is 3.72. The predicted octanol–water partition coefficient (Wildman–Crippen LogP) is 4.73. The fraction of sp³-hybridized carbons (Fsp3) is 0.318. The van der Waals surface area contributed by atoms with Crippen LogP contribution in [0.2, 0.25) is 0 Å². The molecule has 2 aromatic heterocycles. The van der Waals surface area contributed by atoms with Crippen LogP contribution in [0.4, 0.5) is 0 Å². The third kappa shape index (κ3) is 2.98. The number of methoxy groups -OCH3 is 2. The molecule has 5 heteroatoms. The fourth-order valence-electron chi connectivity index (χ4n) is 3.72. The molecule has 2 heterocycles. The minimum atomic E-state index is 0.829. The molecule has 0 aliphatic carbocycles. The van der Waals surface area contributed by atoms with Gasteiger partial charge in [-0.1, -0.05) is 13.8 Å². The van der Waals surface area contributed by atoms with Gasteiger partial charge in [0.2, 0.25) is 0 Å². The van der Waals surface area contributed by atoms with Crippen LogP contribution in [-0.2, 0) is 6.54 Å². The average molecular weight is 363 g/mol. The van der Waals surface area contributed by atoms with E-state index >= 15 is 0 Å². The largest absolute Gasteiger partial charge is 0.497 e. The second-order valence-electron chi connectivity index (χ2n) is 6.73. The Morgan fingerprint density at radius 3 is 2.48 bits per heavy atom. The molecular weight excluding hydrogens is 338 g/mol. The summed E-state index contributed by atoms with van der Waals surface area (Å²) < 4.78 is 11.1. The lowest BCUT2D eigenvalue weighted by Gasteiger charge is -2.19. The van der Waals surface area contributed by atoms with E-state index in [9.17, 15) is 0 Å². The van der Waals surface area contributed by atoms with Gasteiger partial charge in [-0.15, -0.1) is 0 Å². The Hall–Kier alpha value is -2.79. The molecule has 0 saturated carbocycles. The Balaban J connectivity index is 1.95. The summed E-state index contributed by atoms with van der Waals surface area (Å²) in [5, 5.41) is 3.29. The first-order chi connectivity index (χ1) is 13.2. The Morgan fingerprint density at radius 2 is 1.78 bits per heavy atom. The van der Waals surface area contributed by atoms with Crippen molar-refractivity contribution in [3.05, 3.63) is 42.1 Å². The van der Waals surface area contributed by atoms with E-state index in [1.165, 1.54) is 5.56 Å². The van der Waals surface area contributed by atoms with Crippen LogP contribution in [0.15, 0.2) is 36.5 Å². The molecule has 0 fully saturated rings. The Kier molecular flexibility index (Phi) is 4.62. The van der Waals surface area contributed by atoms with Crippen molar-refractivity contribution in [2.45, 2.75) is 20.4 Å². The molecule has 27 heavy (non-hydrogen) atoms. The number of pyridine rings is 1. The molecule has 0 aliphatic heterocycles. The van der Waals surface area contributed by atoms with Crippen molar-refractivity contribution in [3.8, 4) is 11.5 Å². The number of H-pyrrole nitrogens is 1. The average Bonchev–Trinajstić information content (AvgIpc) is 3.08. The molecule has 0 bridgehead atoms. The maximum atomic E-state index is 5.70. The normalized spacial score (nSPS) is 11.7. The van der Waals surface area contributed by atoms with Gasteiger partial charge in [-0.3, -0.25) is 9.88 Å². The molecule has 0 unspecified atom stereocenters. The van der Waals surface area contributed by atoms with Gasteiger partial charge < -0.3 is 14.5 Å². The number of nitrogens with one attached hydrogen (secondary N) is 1. The van der Waals surface area contributed by atoms with E-state index in [1.54, 1.807) is 14.2 Å². The molecule has 2 aromatic carbocycles. The lowest BCUT2D eigenvalue weighted by molar-refractivity contribution is 0.289. The molecule has 5 nitrogen and oxygen atoms in total. The van der Waals surface area contributed by atoms with Crippen LogP contribution in [-0.4, -0.2) is 42.2 Å². The van der Waals surface area contributed by atoms with Crippen LogP contribution in [0.3, 0.4) is 0 Å². The molecule has 140 valence electrons. The van der Waals surface area contributed by atoms with Crippen molar-refractivity contribution in [2.75, 3.05) is 27.3 Å². The zero-order valence-electron chi connectivity index (χ0n) is 16.3. The first kappa shape index (κ1) is 17.6. The van der Waals surface area contributed by atoms with E-state index in [1.807, 2.05) is 24.4 Å².